The minimum atomic E-state index is -1.50. The Labute approximate surface area is 217 Å². The molecule has 2 fully saturated rings. The average Bonchev–Trinajstić information content (AvgIpc) is 2.83. The Hall–Kier alpha value is -0.740. The quantitative estimate of drug-likeness (QED) is 0.156. The lowest BCUT2D eigenvalue weighted by Crippen LogP contribution is -2.59. The molecule has 37 heavy (non-hydrogen) atoms. The van der Waals surface area contributed by atoms with E-state index >= 15 is 0 Å². The summed E-state index contributed by atoms with van der Waals surface area (Å²) >= 11 is 0. The van der Waals surface area contributed by atoms with Gasteiger partial charge in [0.15, 0.2) is 12.6 Å². The molecule has 0 aromatic rings. The molecule has 2 heterocycles. The van der Waals surface area contributed by atoms with Gasteiger partial charge in [-0.2, -0.15) is 0 Å². The van der Waals surface area contributed by atoms with E-state index in [1.807, 2.05) is 13.8 Å². The number of aliphatic hydroxyl groups excluding tert-OH is 8. The molecule has 0 spiro atoms. The van der Waals surface area contributed by atoms with E-state index < -0.39 is 74.6 Å². The molecule has 0 radical (unpaired) electrons. The summed E-state index contributed by atoms with van der Waals surface area (Å²) in [6, 6.07) is 0. The Morgan fingerprint density at radius 2 is 1.35 bits per heavy atom. The van der Waals surface area contributed by atoms with Crippen LogP contribution in [0.4, 0.5) is 0 Å². The molecule has 1 aliphatic carbocycles. The van der Waals surface area contributed by atoms with Gasteiger partial charge < -0.3 is 59.8 Å². The van der Waals surface area contributed by atoms with Crippen LogP contribution in [0.25, 0.3) is 0 Å². The molecular weight excluding hydrogens is 492 g/mol. The van der Waals surface area contributed by atoms with Gasteiger partial charge in [-0.15, -0.1) is 0 Å². The third-order valence-electron chi connectivity index (χ3n) is 7.79. The van der Waals surface area contributed by atoms with Crippen LogP contribution < -0.4 is 0 Å². The Bertz CT molecular complexity index is 771. The van der Waals surface area contributed by atoms with Crippen LogP contribution in [-0.2, 0) is 18.9 Å². The van der Waals surface area contributed by atoms with Crippen LogP contribution in [0.15, 0.2) is 11.1 Å². The van der Waals surface area contributed by atoms with Crippen molar-refractivity contribution in [3.8, 4) is 0 Å². The maximum atomic E-state index is 10.3. The van der Waals surface area contributed by atoms with Crippen molar-refractivity contribution in [2.45, 2.75) is 127 Å². The zero-order valence-corrected chi connectivity index (χ0v) is 21.9. The predicted octanol–water partition coefficient (Wildman–Crippen LogP) is -1.71. The molecule has 0 saturated carbocycles. The fourth-order valence-electron chi connectivity index (χ4n) is 5.65. The lowest BCUT2D eigenvalue weighted by molar-refractivity contribution is -0.313. The average molecular weight is 537 g/mol. The summed E-state index contributed by atoms with van der Waals surface area (Å²) < 4.78 is 22.8. The highest BCUT2D eigenvalue weighted by Gasteiger charge is 2.47. The van der Waals surface area contributed by atoms with E-state index in [4.69, 9.17) is 18.9 Å². The Morgan fingerprint density at radius 1 is 0.838 bits per heavy atom. The van der Waals surface area contributed by atoms with Gasteiger partial charge in [0.05, 0.1) is 25.4 Å². The fraction of sp³-hybridized carbons (Fsp3) is 0.920. The van der Waals surface area contributed by atoms with E-state index in [-0.39, 0.29) is 17.6 Å². The van der Waals surface area contributed by atoms with Crippen LogP contribution in [0.2, 0.25) is 0 Å². The van der Waals surface area contributed by atoms with E-state index in [1.165, 1.54) is 5.57 Å². The molecule has 3 rings (SSSR count). The number of hydrogen-bond acceptors (Lipinski definition) is 12. The zero-order chi connectivity index (χ0) is 27.7. The van der Waals surface area contributed by atoms with Gasteiger partial charge in [0.2, 0.25) is 0 Å². The van der Waals surface area contributed by atoms with Crippen molar-refractivity contribution in [2.24, 2.45) is 5.41 Å². The van der Waals surface area contributed by atoms with E-state index in [1.54, 1.807) is 0 Å². The molecule has 2 saturated heterocycles. The van der Waals surface area contributed by atoms with E-state index in [0.29, 0.717) is 25.7 Å². The van der Waals surface area contributed by atoms with E-state index in [9.17, 15) is 40.9 Å². The zero-order valence-electron chi connectivity index (χ0n) is 21.9. The second-order valence-corrected chi connectivity index (χ2v) is 11.2. The topological polar surface area (TPSA) is 199 Å². The molecule has 2 aliphatic heterocycles. The fourth-order valence-corrected chi connectivity index (χ4v) is 5.65. The largest absolute Gasteiger partial charge is 0.394 e. The van der Waals surface area contributed by atoms with E-state index in [0.717, 1.165) is 5.57 Å². The van der Waals surface area contributed by atoms with E-state index in [2.05, 4.69) is 13.8 Å². The summed E-state index contributed by atoms with van der Waals surface area (Å²) in [5.41, 5.74) is 2.04. The molecule has 0 bridgehead atoms. The van der Waals surface area contributed by atoms with Crippen molar-refractivity contribution in [1.82, 2.24) is 0 Å². The van der Waals surface area contributed by atoms with Crippen LogP contribution in [-0.4, -0.2) is 128 Å². The van der Waals surface area contributed by atoms with Crippen molar-refractivity contribution in [2.75, 3.05) is 13.2 Å². The summed E-state index contributed by atoms with van der Waals surface area (Å²) in [5, 5.41) is 79.3. The second kappa shape index (κ2) is 12.6. The smallest absolute Gasteiger partial charge is 0.186 e. The molecule has 12 nitrogen and oxygen atoms in total. The molecule has 8 N–H and O–H groups in total. The minimum Gasteiger partial charge on any atom is -0.394 e. The molecule has 3 aliphatic rings. The molecule has 216 valence electrons. The monoisotopic (exact) mass is 536 g/mol. The van der Waals surface area contributed by atoms with Crippen LogP contribution in [0, 0.1) is 5.41 Å². The maximum absolute atomic E-state index is 10.3. The summed E-state index contributed by atoms with van der Waals surface area (Å²) in [5.74, 6) is 0. The highest BCUT2D eigenvalue weighted by Crippen LogP contribution is 2.44. The van der Waals surface area contributed by atoms with Crippen molar-refractivity contribution in [3.05, 3.63) is 11.1 Å². The van der Waals surface area contributed by atoms with Crippen molar-refractivity contribution in [1.29, 1.82) is 0 Å². The second-order valence-electron chi connectivity index (χ2n) is 11.2. The van der Waals surface area contributed by atoms with Gasteiger partial charge in [0.1, 0.15) is 48.8 Å². The molecule has 0 aromatic heterocycles. The molecule has 0 unspecified atom stereocenters. The van der Waals surface area contributed by atoms with Gasteiger partial charge in [0.25, 0.3) is 0 Å². The van der Waals surface area contributed by atoms with Crippen LogP contribution >= 0.6 is 0 Å². The van der Waals surface area contributed by atoms with Gasteiger partial charge in [0, 0.05) is 0 Å². The molecule has 0 amide bonds. The molecule has 0 aromatic carbocycles. The summed E-state index contributed by atoms with van der Waals surface area (Å²) in [4.78, 5) is 0. The number of aliphatic hydroxyl groups is 8. The Balaban J connectivity index is 1.58. The summed E-state index contributed by atoms with van der Waals surface area (Å²) in [6.45, 7) is 6.94. The lowest BCUT2D eigenvalue weighted by Gasteiger charge is -2.44. The van der Waals surface area contributed by atoms with Gasteiger partial charge in [-0.05, 0) is 44.9 Å². The highest BCUT2D eigenvalue weighted by atomic mass is 16.7. The van der Waals surface area contributed by atoms with Gasteiger partial charge in [-0.3, -0.25) is 0 Å². The molecule has 12 heteroatoms. The van der Waals surface area contributed by atoms with Gasteiger partial charge in [-0.1, -0.05) is 25.0 Å². The number of hydrogen-bond donors (Lipinski definition) is 8. The molecule has 12 atom stereocenters. The van der Waals surface area contributed by atoms with Crippen molar-refractivity contribution >= 4 is 0 Å². The first-order valence-corrected chi connectivity index (χ1v) is 12.9. The van der Waals surface area contributed by atoms with Crippen LogP contribution in [0.5, 0.6) is 0 Å². The van der Waals surface area contributed by atoms with Gasteiger partial charge in [-0.25, -0.2) is 0 Å². The third kappa shape index (κ3) is 6.89. The predicted molar refractivity (Wildman–Crippen MR) is 128 cm³/mol. The first-order valence-electron chi connectivity index (χ1n) is 12.9. The lowest BCUT2D eigenvalue weighted by atomic mass is 9.70. The Kier molecular flexibility index (Phi) is 10.5. The third-order valence-corrected chi connectivity index (χ3v) is 7.79. The number of ether oxygens (including phenoxy) is 4. The van der Waals surface area contributed by atoms with Crippen LogP contribution in [0.1, 0.15) is 53.4 Å². The first-order chi connectivity index (χ1) is 17.3. The number of rotatable bonds is 9. The van der Waals surface area contributed by atoms with Gasteiger partial charge >= 0.3 is 0 Å². The Morgan fingerprint density at radius 3 is 1.86 bits per heavy atom. The minimum absolute atomic E-state index is 0.274. The number of allylic oxidation sites excluding steroid dienone is 1. The summed E-state index contributed by atoms with van der Waals surface area (Å²) in [6.07, 6.45) is -11.4. The van der Waals surface area contributed by atoms with Crippen molar-refractivity contribution < 1.29 is 59.8 Å². The van der Waals surface area contributed by atoms with Crippen molar-refractivity contribution in [3.63, 3.8) is 0 Å². The molecular formula is C25H44O12. The highest BCUT2D eigenvalue weighted by molar-refractivity contribution is 5.24. The first kappa shape index (κ1) is 30.8. The van der Waals surface area contributed by atoms with Crippen LogP contribution in [0.3, 0.4) is 0 Å². The maximum Gasteiger partial charge on any atom is 0.186 e. The normalized spacial score (nSPS) is 43.6. The standard InChI is InChI=1S/C25H44O12/c1-11-7-13(35-24-22(33)20(31)18(29)16(10-27)37-24)8-25(3,4)14(11)6-5-12(2)34-23-21(32)19(30)17(28)15(9-26)36-23/h12-13,15-24,26-33H,5-10H2,1-4H3/t12-,13-,15-,16-,17-,18-,19+,20+,21-,22-,23-,24-/m1/s1. The summed E-state index contributed by atoms with van der Waals surface area (Å²) in [7, 11) is 0. The SMILES string of the molecule is CC1=C(CC[C@@H](C)O[C@@H]2O[C@H](CO)[C@@H](O)[C@H](O)[C@H]2O)C(C)(C)C[C@H](O[C@@H]2O[C@H](CO)[C@@H](O)[C@H](O)[C@H]2O)C1.